The number of thiol groups is 1. The van der Waals surface area contributed by atoms with Crippen molar-refractivity contribution in [2.45, 2.75) is 17.0 Å². The van der Waals surface area contributed by atoms with E-state index in [0.717, 1.165) is 4.16 Å². The van der Waals surface area contributed by atoms with Crippen molar-refractivity contribution < 1.29 is 0 Å². The molecule has 0 N–H and O–H groups in total. The Hall–Kier alpha value is 0.570. The highest BCUT2D eigenvalue weighted by atomic mass is 79.9. The quantitative estimate of drug-likeness (QED) is 0.403. The fourth-order valence-electron chi connectivity index (χ4n) is 1.16. The molecular weight excluding hydrogens is 196 g/mol. The summed E-state index contributed by atoms with van der Waals surface area (Å²) in [5.41, 5.74) is 0. The van der Waals surface area contributed by atoms with Crippen molar-refractivity contribution >= 4 is 26.8 Å². The van der Waals surface area contributed by atoms with Crippen molar-refractivity contribution in [1.82, 2.24) is 0 Å². The van der Waals surface area contributed by atoms with Gasteiger partial charge >= 0.3 is 0 Å². The van der Waals surface area contributed by atoms with Gasteiger partial charge in [-0.3, -0.25) is 0 Å². The summed E-state index contributed by atoms with van der Waals surface area (Å²) in [4.78, 5) is 0. The summed E-state index contributed by atoms with van der Waals surface area (Å²) in [6, 6.07) is 0. The van der Waals surface area contributed by atoms with Crippen LogP contribution in [0.4, 0.5) is 0 Å². The van der Waals surface area contributed by atoms with Gasteiger partial charge in [-0.1, -0.05) is 22.0 Å². The van der Waals surface area contributed by atoms with E-state index < -0.39 is 0 Å². The molecule has 0 saturated carbocycles. The highest BCUT2D eigenvalue weighted by molar-refractivity contribution is 9.11. The Labute approximate surface area is 68.2 Å². The van der Waals surface area contributed by atoms with E-state index in [2.05, 4.69) is 28.6 Å². The van der Waals surface area contributed by atoms with Crippen molar-refractivity contribution in [3.63, 3.8) is 0 Å². The van der Waals surface area contributed by atoms with Gasteiger partial charge in [0.2, 0.25) is 0 Å². The van der Waals surface area contributed by atoms with E-state index >= 15 is 0 Å². The van der Waals surface area contributed by atoms with Crippen LogP contribution in [0.25, 0.3) is 0 Å². The second-order valence-electron chi connectivity index (χ2n) is 2.36. The standard InChI is InChI=1S/C7H13BrS/c1-2-5-9-6-3-4-7(9)8/h2,7,9H,1,3-6H2. The molecule has 1 fully saturated rings. The summed E-state index contributed by atoms with van der Waals surface area (Å²) in [6.07, 6.45) is 4.88. The molecule has 0 aromatic carbocycles. The minimum atomic E-state index is 0.292. The zero-order chi connectivity index (χ0) is 6.69. The van der Waals surface area contributed by atoms with Crippen LogP contribution in [0.1, 0.15) is 12.8 Å². The summed E-state index contributed by atoms with van der Waals surface area (Å²) >= 11 is 3.69. The first-order valence-corrected chi connectivity index (χ1v) is 6.03. The van der Waals surface area contributed by atoms with Crippen LogP contribution in [0.2, 0.25) is 0 Å². The van der Waals surface area contributed by atoms with Gasteiger partial charge in [0.25, 0.3) is 0 Å². The van der Waals surface area contributed by atoms with E-state index in [1.807, 2.05) is 0 Å². The first-order chi connectivity index (χ1) is 4.34. The maximum absolute atomic E-state index is 3.75. The molecule has 0 bridgehead atoms. The van der Waals surface area contributed by atoms with E-state index in [0.29, 0.717) is 10.9 Å². The predicted octanol–water partition coefficient (Wildman–Crippen LogP) is 2.69. The van der Waals surface area contributed by atoms with Gasteiger partial charge in [0.15, 0.2) is 0 Å². The van der Waals surface area contributed by atoms with Crippen LogP contribution in [0, 0.1) is 0 Å². The van der Waals surface area contributed by atoms with Crippen molar-refractivity contribution in [3.8, 4) is 0 Å². The van der Waals surface area contributed by atoms with Crippen molar-refractivity contribution in [1.29, 1.82) is 0 Å². The molecule has 0 radical (unpaired) electrons. The Balaban J connectivity index is 2.30. The summed E-state index contributed by atoms with van der Waals surface area (Å²) in [7, 11) is 0.292. The first-order valence-electron chi connectivity index (χ1n) is 3.33. The lowest BCUT2D eigenvalue weighted by molar-refractivity contribution is 0.930. The maximum Gasteiger partial charge on any atom is 0.0426 e. The third-order valence-corrected chi connectivity index (χ3v) is 6.51. The van der Waals surface area contributed by atoms with Crippen LogP contribution >= 0.6 is 26.8 Å². The molecule has 0 aliphatic carbocycles. The van der Waals surface area contributed by atoms with Gasteiger partial charge in [0, 0.05) is 4.16 Å². The Morgan fingerprint density at radius 1 is 1.78 bits per heavy atom. The lowest BCUT2D eigenvalue weighted by Crippen LogP contribution is -1.92. The monoisotopic (exact) mass is 208 g/mol. The third-order valence-electron chi connectivity index (χ3n) is 1.65. The number of hydrogen-bond donors (Lipinski definition) is 1. The maximum atomic E-state index is 3.75. The molecule has 1 heterocycles. The number of rotatable bonds is 2. The number of hydrogen-bond acceptors (Lipinski definition) is 0. The van der Waals surface area contributed by atoms with E-state index in [1.165, 1.54) is 24.3 Å². The predicted molar refractivity (Wildman–Crippen MR) is 50.9 cm³/mol. The van der Waals surface area contributed by atoms with Gasteiger partial charge < -0.3 is 0 Å². The van der Waals surface area contributed by atoms with Gasteiger partial charge in [0.1, 0.15) is 0 Å². The molecule has 1 aliphatic heterocycles. The largest absolute Gasteiger partial charge is 0.238 e. The van der Waals surface area contributed by atoms with Crippen LogP contribution in [0.15, 0.2) is 12.7 Å². The van der Waals surface area contributed by atoms with Crippen LogP contribution in [0.5, 0.6) is 0 Å². The topological polar surface area (TPSA) is 0 Å². The summed E-state index contributed by atoms with van der Waals surface area (Å²) in [5, 5.41) is 0. The molecule has 0 amide bonds. The molecule has 9 heavy (non-hydrogen) atoms. The zero-order valence-corrected chi connectivity index (χ0v) is 8.00. The summed E-state index contributed by atoms with van der Waals surface area (Å²) < 4.78 is 0.838. The molecule has 1 saturated heterocycles. The van der Waals surface area contributed by atoms with Crippen LogP contribution < -0.4 is 0 Å². The lowest BCUT2D eigenvalue weighted by atomic mass is 10.4. The fourth-order valence-corrected chi connectivity index (χ4v) is 4.76. The molecule has 1 rings (SSSR count). The van der Waals surface area contributed by atoms with Crippen molar-refractivity contribution in [2.24, 2.45) is 0 Å². The highest BCUT2D eigenvalue weighted by Gasteiger charge is 2.19. The number of halogens is 1. The molecule has 0 aromatic heterocycles. The number of alkyl halides is 1. The first kappa shape index (κ1) is 7.67. The molecule has 0 aromatic rings. The highest BCUT2D eigenvalue weighted by Crippen LogP contribution is 2.44. The normalized spacial score (nSPS) is 38.8. The fraction of sp³-hybridized carbons (Fsp3) is 0.714. The summed E-state index contributed by atoms with van der Waals surface area (Å²) in [6.45, 7) is 3.75. The van der Waals surface area contributed by atoms with Crippen LogP contribution in [-0.2, 0) is 0 Å². The van der Waals surface area contributed by atoms with Crippen molar-refractivity contribution in [2.75, 3.05) is 11.5 Å². The van der Waals surface area contributed by atoms with Crippen LogP contribution in [0.3, 0.4) is 0 Å². The molecule has 2 unspecified atom stereocenters. The zero-order valence-electron chi connectivity index (χ0n) is 5.52. The van der Waals surface area contributed by atoms with Crippen molar-refractivity contribution in [3.05, 3.63) is 12.7 Å². The second kappa shape index (κ2) is 3.67. The van der Waals surface area contributed by atoms with E-state index in [4.69, 9.17) is 0 Å². The van der Waals surface area contributed by atoms with E-state index in [1.54, 1.807) is 0 Å². The summed E-state index contributed by atoms with van der Waals surface area (Å²) in [5.74, 6) is 2.71. The Morgan fingerprint density at radius 3 is 3.00 bits per heavy atom. The van der Waals surface area contributed by atoms with Gasteiger partial charge in [-0.25, -0.2) is 10.9 Å². The average Bonchev–Trinajstić information content (AvgIpc) is 2.18. The Morgan fingerprint density at radius 2 is 2.56 bits per heavy atom. The minimum absolute atomic E-state index is 0.292. The lowest BCUT2D eigenvalue weighted by Gasteiger charge is -2.15. The Bertz CT molecular complexity index is 103. The van der Waals surface area contributed by atoms with E-state index in [-0.39, 0.29) is 0 Å². The SMILES string of the molecule is C=CC[SH]1CCCC1Br. The van der Waals surface area contributed by atoms with Gasteiger partial charge in [-0.15, -0.1) is 6.58 Å². The van der Waals surface area contributed by atoms with Gasteiger partial charge in [0.05, 0.1) is 0 Å². The molecule has 0 spiro atoms. The molecule has 54 valence electrons. The average molecular weight is 209 g/mol. The van der Waals surface area contributed by atoms with Gasteiger partial charge in [-0.05, 0) is 24.3 Å². The van der Waals surface area contributed by atoms with E-state index in [9.17, 15) is 0 Å². The molecule has 0 nitrogen and oxygen atoms in total. The van der Waals surface area contributed by atoms with Gasteiger partial charge in [-0.2, -0.15) is 0 Å². The Kier molecular flexibility index (Phi) is 3.13. The molecule has 2 atom stereocenters. The molecule has 1 aliphatic rings. The second-order valence-corrected chi connectivity index (χ2v) is 6.79. The molecular formula is C7H13BrS. The van der Waals surface area contributed by atoms with Crippen LogP contribution in [-0.4, -0.2) is 15.7 Å². The minimum Gasteiger partial charge on any atom is -0.238 e. The smallest absolute Gasteiger partial charge is 0.0426 e. The third kappa shape index (κ3) is 2.01. The molecule has 2 heteroatoms.